The SMILES string of the molecule is CC(C)c1cc(N2C3CCC2CN(C)C3)nc(C2CC2)n1. The first-order chi connectivity index (χ1) is 10.1. The van der Waals surface area contributed by atoms with E-state index in [1.54, 1.807) is 0 Å². The topological polar surface area (TPSA) is 32.3 Å². The van der Waals surface area contributed by atoms with E-state index >= 15 is 0 Å². The van der Waals surface area contributed by atoms with Gasteiger partial charge < -0.3 is 9.80 Å². The normalized spacial score (nSPS) is 29.4. The van der Waals surface area contributed by atoms with E-state index in [-0.39, 0.29) is 0 Å². The Kier molecular flexibility index (Phi) is 3.18. The summed E-state index contributed by atoms with van der Waals surface area (Å²) in [5.41, 5.74) is 1.22. The van der Waals surface area contributed by atoms with Gasteiger partial charge in [-0.2, -0.15) is 0 Å². The quantitative estimate of drug-likeness (QED) is 0.855. The Morgan fingerprint density at radius 1 is 1.05 bits per heavy atom. The average Bonchev–Trinajstić information content (AvgIpc) is 3.25. The van der Waals surface area contributed by atoms with Crippen molar-refractivity contribution >= 4 is 5.82 Å². The van der Waals surface area contributed by atoms with Crippen molar-refractivity contribution in [2.24, 2.45) is 0 Å². The van der Waals surface area contributed by atoms with E-state index in [4.69, 9.17) is 9.97 Å². The fourth-order valence-electron chi connectivity index (χ4n) is 3.91. The van der Waals surface area contributed by atoms with Gasteiger partial charge in [-0.15, -0.1) is 0 Å². The molecule has 4 nitrogen and oxygen atoms in total. The molecule has 2 bridgehead atoms. The van der Waals surface area contributed by atoms with Gasteiger partial charge in [0.25, 0.3) is 0 Å². The molecule has 2 saturated heterocycles. The lowest BCUT2D eigenvalue weighted by molar-refractivity contribution is 0.263. The zero-order chi connectivity index (χ0) is 14.6. The minimum atomic E-state index is 0.481. The highest BCUT2D eigenvalue weighted by molar-refractivity contribution is 5.46. The van der Waals surface area contributed by atoms with Crippen LogP contribution in [0.15, 0.2) is 6.07 Å². The molecule has 3 fully saturated rings. The number of fused-ring (bicyclic) bond motifs is 2. The zero-order valence-electron chi connectivity index (χ0n) is 13.4. The third-order valence-electron chi connectivity index (χ3n) is 5.21. The molecule has 114 valence electrons. The van der Waals surface area contributed by atoms with Crippen LogP contribution in [0.25, 0.3) is 0 Å². The molecule has 0 N–H and O–H groups in total. The monoisotopic (exact) mass is 286 g/mol. The summed E-state index contributed by atoms with van der Waals surface area (Å²) in [5.74, 6) is 3.42. The van der Waals surface area contributed by atoms with Gasteiger partial charge >= 0.3 is 0 Å². The standard InChI is InChI=1S/C17H26N4/c1-11(2)15-8-16(19-17(18-15)12-4-5-12)21-13-6-7-14(21)10-20(3)9-13/h8,11-14H,4-7,9-10H2,1-3H3. The summed E-state index contributed by atoms with van der Waals surface area (Å²) in [5, 5.41) is 0. The smallest absolute Gasteiger partial charge is 0.134 e. The van der Waals surface area contributed by atoms with Crippen LogP contribution in [-0.4, -0.2) is 47.1 Å². The lowest BCUT2D eigenvalue weighted by atomic mass is 10.1. The number of nitrogens with zero attached hydrogens (tertiary/aromatic N) is 4. The van der Waals surface area contributed by atoms with Gasteiger partial charge in [-0.1, -0.05) is 13.8 Å². The number of likely N-dealkylation sites (tertiary alicyclic amines) is 1. The second kappa shape index (κ2) is 4.94. The largest absolute Gasteiger partial charge is 0.348 e. The summed E-state index contributed by atoms with van der Waals surface area (Å²) in [7, 11) is 2.25. The van der Waals surface area contributed by atoms with E-state index in [1.807, 2.05) is 0 Å². The third kappa shape index (κ3) is 2.44. The molecule has 2 aliphatic heterocycles. The Morgan fingerprint density at radius 2 is 1.71 bits per heavy atom. The average molecular weight is 286 g/mol. The summed E-state index contributed by atoms with van der Waals surface area (Å²) in [4.78, 5) is 14.9. The summed E-state index contributed by atoms with van der Waals surface area (Å²) in [6, 6.07) is 3.55. The number of aromatic nitrogens is 2. The molecule has 1 aromatic heterocycles. The van der Waals surface area contributed by atoms with Crippen molar-refractivity contribution in [2.45, 2.75) is 63.5 Å². The molecule has 1 aromatic rings. The minimum absolute atomic E-state index is 0.481. The molecule has 3 aliphatic rings. The predicted molar refractivity (Wildman–Crippen MR) is 84.9 cm³/mol. The van der Waals surface area contributed by atoms with Crippen LogP contribution in [0.1, 0.15) is 62.9 Å². The highest BCUT2D eigenvalue weighted by Gasteiger charge is 2.40. The minimum Gasteiger partial charge on any atom is -0.348 e. The molecule has 1 saturated carbocycles. The number of piperazine rings is 1. The predicted octanol–water partition coefficient (Wildman–Crippen LogP) is 2.76. The van der Waals surface area contributed by atoms with Gasteiger partial charge in [0.2, 0.25) is 0 Å². The van der Waals surface area contributed by atoms with E-state index in [0.717, 1.165) is 5.82 Å². The van der Waals surface area contributed by atoms with Crippen LogP contribution in [0.2, 0.25) is 0 Å². The lowest BCUT2D eigenvalue weighted by Crippen LogP contribution is -2.52. The molecule has 0 spiro atoms. The molecular formula is C17H26N4. The number of hydrogen-bond donors (Lipinski definition) is 0. The highest BCUT2D eigenvalue weighted by atomic mass is 15.3. The van der Waals surface area contributed by atoms with Crippen LogP contribution < -0.4 is 4.90 Å². The van der Waals surface area contributed by atoms with E-state index in [1.165, 1.54) is 50.3 Å². The van der Waals surface area contributed by atoms with Crippen LogP contribution in [0.3, 0.4) is 0 Å². The molecule has 2 atom stereocenters. The number of rotatable bonds is 3. The zero-order valence-corrected chi connectivity index (χ0v) is 13.4. The van der Waals surface area contributed by atoms with Crippen LogP contribution >= 0.6 is 0 Å². The Hall–Kier alpha value is -1.16. The summed E-state index contributed by atoms with van der Waals surface area (Å²) < 4.78 is 0. The van der Waals surface area contributed by atoms with Gasteiger partial charge in [0, 0.05) is 42.9 Å². The van der Waals surface area contributed by atoms with Crippen molar-refractivity contribution in [3.63, 3.8) is 0 Å². The molecule has 4 heteroatoms. The van der Waals surface area contributed by atoms with Crippen LogP contribution in [-0.2, 0) is 0 Å². The Labute approximate surface area is 127 Å². The van der Waals surface area contributed by atoms with Gasteiger partial charge in [-0.3, -0.25) is 0 Å². The van der Waals surface area contributed by atoms with Crippen molar-refractivity contribution in [2.75, 3.05) is 25.0 Å². The molecule has 1 aliphatic carbocycles. The van der Waals surface area contributed by atoms with Crippen molar-refractivity contribution in [1.82, 2.24) is 14.9 Å². The fraction of sp³-hybridized carbons (Fsp3) is 0.765. The van der Waals surface area contributed by atoms with E-state index in [9.17, 15) is 0 Å². The summed E-state index contributed by atoms with van der Waals surface area (Å²) in [6.45, 7) is 6.83. The first-order valence-corrected chi connectivity index (χ1v) is 8.47. The summed E-state index contributed by atoms with van der Waals surface area (Å²) in [6.07, 6.45) is 5.18. The fourth-order valence-corrected chi connectivity index (χ4v) is 3.91. The molecule has 0 aromatic carbocycles. The van der Waals surface area contributed by atoms with Gasteiger partial charge in [0.15, 0.2) is 0 Å². The van der Waals surface area contributed by atoms with Crippen molar-refractivity contribution in [1.29, 1.82) is 0 Å². The van der Waals surface area contributed by atoms with Crippen LogP contribution in [0, 0.1) is 0 Å². The molecule has 0 amide bonds. The maximum atomic E-state index is 4.96. The second-order valence-electron chi connectivity index (χ2n) is 7.45. The first kappa shape index (κ1) is 13.5. The molecule has 4 rings (SSSR count). The van der Waals surface area contributed by atoms with Gasteiger partial charge in [-0.05, 0) is 38.6 Å². The maximum absolute atomic E-state index is 4.96. The van der Waals surface area contributed by atoms with Crippen molar-refractivity contribution in [3.8, 4) is 0 Å². The van der Waals surface area contributed by atoms with Gasteiger partial charge in [-0.25, -0.2) is 9.97 Å². The van der Waals surface area contributed by atoms with Gasteiger partial charge in [0.1, 0.15) is 11.6 Å². The Morgan fingerprint density at radius 3 is 2.29 bits per heavy atom. The van der Waals surface area contributed by atoms with Crippen LogP contribution in [0.5, 0.6) is 0 Å². The number of likely N-dealkylation sites (N-methyl/N-ethyl adjacent to an activating group) is 1. The molecular weight excluding hydrogens is 260 g/mol. The summed E-state index contributed by atoms with van der Waals surface area (Å²) >= 11 is 0. The molecule has 3 heterocycles. The Balaban J connectivity index is 1.71. The van der Waals surface area contributed by atoms with Gasteiger partial charge in [0.05, 0.1) is 0 Å². The Bertz CT molecular complexity index is 503. The van der Waals surface area contributed by atoms with Crippen LogP contribution in [0.4, 0.5) is 5.82 Å². The second-order valence-corrected chi connectivity index (χ2v) is 7.45. The van der Waals surface area contributed by atoms with E-state index in [0.29, 0.717) is 23.9 Å². The van der Waals surface area contributed by atoms with Crippen molar-refractivity contribution < 1.29 is 0 Å². The molecule has 0 radical (unpaired) electrons. The molecule has 2 unspecified atom stereocenters. The maximum Gasteiger partial charge on any atom is 0.134 e. The van der Waals surface area contributed by atoms with Crippen molar-refractivity contribution in [3.05, 3.63) is 17.6 Å². The molecule has 21 heavy (non-hydrogen) atoms. The number of anilines is 1. The first-order valence-electron chi connectivity index (χ1n) is 8.47. The van der Waals surface area contributed by atoms with E-state index in [2.05, 4.69) is 36.8 Å². The lowest BCUT2D eigenvalue weighted by Gasteiger charge is -2.40. The number of hydrogen-bond acceptors (Lipinski definition) is 4. The third-order valence-corrected chi connectivity index (χ3v) is 5.21. The van der Waals surface area contributed by atoms with E-state index < -0.39 is 0 Å². The highest BCUT2D eigenvalue weighted by Crippen LogP contribution is 2.40.